The van der Waals surface area contributed by atoms with Crippen molar-refractivity contribution in [1.29, 1.82) is 0 Å². The van der Waals surface area contributed by atoms with Crippen molar-refractivity contribution in [3.63, 3.8) is 0 Å². The third kappa shape index (κ3) is 8.17. The number of amides is 1. The fourth-order valence-electron chi connectivity index (χ4n) is 5.81. The third-order valence-electron chi connectivity index (χ3n) is 8.03. The number of nitrogens with zero attached hydrogens (tertiary/aromatic N) is 3. The number of aromatic nitrogens is 2. The Kier molecular flexibility index (Phi) is 11.6. The molecule has 2 atom stereocenters. The third-order valence-corrected chi connectivity index (χ3v) is 9.16. The molecule has 0 radical (unpaired) electrons. The monoisotopic (exact) mass is 697 g/mol. The summed E-state index contributed by atoms with van der Waals surface area (Å²) in [5.74, 6) is 1.16. The van der Waals surface area contributed by atoms with Crippen LogP contribution < -0.4 is 20.1 Å². The predicted octanol–water partition coefficient (Wildman–Crippen LogP) is 6.64. The van der Waals surface area contributed by atoms with Gasteiger partial charge in [-0.3, -0.25) is 14.7 Å². The topological polar surface area (TPSA) is 109 Å². The molecule has 3 heterocycles. The number of carbonyl (C=O) groups excluding carboxylic acids is 1. The van der Waals surface area contributed by atoms with Crippen LogP contribution in [0.15, 0.2) is 54.7 Å². The largest absolute Gasteiger partial charge is 0.496 e. The Labute approximate surface area is 290 Å². The zero-order chi connectivity index (χ0) is 33.7. The van der Waals surface area contributed by atoms with Gasteiger partial charge in [-0.15, -0.1) is 0 Å². The first-order chi connectivity index (χ1) is 22.6. The Balaban J connectivity index is 1.42. The van der Waals surface area contributed by atoms with Crippen molar-refractivity contribution in [3.8, 4) is 45.3 Å². The second kappa shape index (κ2) is 15.6. The standard InChI is InChI=1S/C35H38Cl3N5O4/c1-20(44)18-43(2)19-22-9-8-21(14-30(22)46-3)34-33(38)25(12-13-40-34)24-6-5-7-26(32(24)37)29-15-28(36)27(35(42-29)47-4)17-39-16-23-10-11-31(45)41-23/h5-9,12-15,20,23,39,44H,10-11,16-19H2,1-4H3,(H,41,45). The predicted molar refractivity (Wildman–Crippen MR) is 187 cm³/mol. The summed E-state index contributed by atoms with van der Waals surface area (Å²) in [6, 6.07) is 15.2. The number of carbonyl (C=O) groups is 1. The molecule has 9 nitrogen and oxygen atoms in total. The van der Waals surface area contributed by atoms with E-state index in [0.717, 1.165) is 17.5 Å². The van der Waals surface area contributed by atoms with Gasteiger partial charge in [0.15, 0.2) is 0 Å². The minimum absolute atomic E-state index is 0.0740. The zero-order valence-electron chi connectivity index (χ0n) is 26.7. The fourth-order valence-corrected chi connectivity index (χ4v) is 6.71. The molecule has 3 N–H and O–H groups in total. The smallest absolute Gasteiger partial charge is 0.220 e. The van der Waals surface area contributed by atoms with Crippen molar-refractivity contribution in [2.24, 2.45) is 0 Å². The molecule has 5 rings (SSSR count). The molecular weight excluding hydrogens is 661 g/mol. The van der Waals surface area contributed by atoms with Gasteiger partial charge >= 0.3 is 0 Å². The highest BCUT2D eigenvalue weighted by Gasteiger charge is 2.22. The Morgan fingerprint density at radius 1 is 1.06 bits per heavy atom. The number of halogens is 3. The molecule has 1 fully saturated rings. The maximum Gasteiger partial charge on any atom is 0.220 e. The Bertz CT molecular complexity index is 1750. The van der Waals surface area contributed by atoms with Gasteiger partial charge in [0.05, 0.1) is 46.8 Å². The summed E-state index contributed by atoms with van der Waals surface area (Å²) in [5, 5.41) is 17.4. The van der Waals surface area contributed by atoms with Crippen molar-refractivity contribution in [2.45, 2.75) is 45.0 Å². The van der Waals surface area contributed by atoms with Gasteiger partial charge in [-0.2, -0.15) is 0 Å². The maximum atomic E-state index is 11.5. The quantitative estimate of drug-likeness (QED) is 0.143. The number of nitrogens with one attached hydrogen (secondary N) is 2. The molecule has 47 heavy (non-hydrogen) atoms. The second-order valence-electron chi connectivity index (χ2n) is 11.7. The molecule has 12 heteroatoms. The van der Waals surface area contributed by atoms with Crippen LogP contribution in [0, 0.1) is 0 Å². The minimum atomic E-state index is -0.434. The maximum absolute atomic E-state index is 11.5. The lowest BCUT2D eigenvalue weighted by atomic mass is 9.99. The van der Waals surface area contributed by atoms with Crippen LogP contribution in [-0.4, -0.2) is 72.4 Å². The normalized spacial score (nSPS) is 15.2. The van der Waals surface area contributed by atoms with Crippen molar-refractivity contribution in [2.75, 3.05) is 34.4 Å². The highest BCUT2D eigenvalue weighted by atomic mass is 35.5. The first-order valence-corrected chi connectivity index (χ1v) is 16.4. The first kappa shape index (κ1) is 34.9. The Hall–Kier alpha value is -3.44. The summed E-state index contributed by atoms with van der Waals surface area (Å²) in [4.78, 5) is 22.9. The molecule has 2 unspecified atom stereocenters. The average molecular weight is 699 g/mol. The van der Waals surface area contributed by atoms with E-state index in [2.05, 4.69) is 15.6 Å². The number of methoxy groups -OCH3 is 2. The van der Waals surface area contributed by atoms with Gasteiger partial charge in [0, 0.05) is 78.2 Å². The van der Waals surface area contributed by atoms with E-state index in [9.17, 15) is 9.90 Å². The summed E-state index contributed by atoms with van der Waals surface area (Å²) in [5.41, 5.74) is 5.71. The Morgan fingerprint density at radius 2 is 1.83 bits per heavy atom. The summed E-state index contributed by atoms with van der Waals surface area (Å²) in [7, 11) is 5.13. The highest BCUT2D eigenvalue weighted by Crippen LogP contribution is 2.43. The van der Waals surface area contributed by atoms with E-state index in [1.165, 1.54) is 0 Å². The van der Waals surface area contributed by atoms with Crippen molar-refractivity contribution in [1.82, 2.24) is 25.5 Å². The number of aliphatic hydroxyl groups is 1. The highest BCUT2D eigenvalue weighted by molar-refractivity contribution is 6.39. The molecule has 1 saturated heterocycles. The van der Waals surface area contributed by atoms with E-state index in [-0.39, 0.29) is 11.9 Å². The second-order valence-corrected chi connectivity index (χ2v) is 12.8. The van der Waals surface area contributed by atoms with Crippen molar-refractivity contribution >= 4 is 40.7 Å². The van der Waals surface area contributed by atoms with Crippen molar-refractivity contribution in [3.05, 3.63) is 80.9 Å². The Morgan fingerprint density at radius 3 is 2.53 bits per heavy atom. The molecule has 0 saturated carbocycles. The fraction of sp³-hybridized carbons (Fsp3) is 0.343. The van der Waals surface area contributed by atoms with Crippen LogP contribution in [0.1, 0.15) is 30.9 Å². The van der Waals surface area contributed by atoms with Crippen LogP contribution in [-0.2, 0) is 17.9 Å². The van der Waals surface area contributed by atoms with Crippen LogP contribution in [0.25, 0.3) is 33.6 Å². The summed E-state index contributed by atoms with van der Waals surface area (Å²) in [6.45, 7) is 3.96. The molecule has 4 aromatic rings. The zero-order valence-corrected chi connectivity index (χ0v) is 29.0. The molecule has 248 valence electrons. The molecule has 2 aromatic carbocycles. The number of rotatable bonds is 13. The number of benzene rings is 2. The van der Waals surface area contributed by atoms with Crippen LogP contribution in [0.5, 0.6) is 11.6 Å². The molecule has 2 aromatic heterocycles. The molecule has 0 spiro atoms. The molecule has 1 aliphatic rings. The van der Waals surface area contributed by atoms with E-state index in [1.807, 2.05) is 54.4 Å². The van der Waals surface area contributed by atoms with Gasteiger partial charge in [-0.05, 0) is 38.6 Å². The summed E-state index contributed by atoms with van der Waals surface area (Å²) >= 11 is 20.9. The van der Waals surface area contributed by atoms with Gasteiger partial charge in [0.25, 0.3) is 0 Å². The lowest BCUT2D eigenvalue weighted by Gasteiger charge is -2.20. The summed E-state index contributed by atoms with van der Waals surface area (Å²) in [6.07, 6.45) is 2.62. The first-order valence-electron chi connectivity index (χ1n) is 15.3. The number of hydrogen-bond acceptors (Lipinski definition) is 8. The SMILES string of the molecule is COc1cc(-c2nccc(-c3cccc(-c4cc(Cl)c(CNCC5CCC(=O)N5)c(OC)n4)c3Cl)c2Cl)ccc1CN(C)CC(C)O. The van der Waals surface area contributed by atoms with Gasteiger partial charge < -0.3 is 25.2 Å². The number of likely N-dealkylation sites (N-methyl/N-ethyl adjacent to an activating group) is 1. The molecule has 0 bridgehead atoms. The molecule has 1 aliphatic heterocycles. The number of ether oxygens (including phenoxy) is 2. The lowest BCUT2D eigenvalue weighted by molar-refractivity contribution is -0.119. The molecule has 0 aliphatic carbocycles. The van der Waals surface area contributed by atoms with E-state index >= 15 is 0 Å². The minimum Gasteiger partial charge on any atom is -0.496 e. The van der Waals surface area contributed by atoms with Crippen LogP contribution in [0.2, 0.25) is 15.1 Å². The number of hydrogen-bond donors (Lipinski definition) is 3. The van der Waals surface area contributed by atoms with Gasteiger partial charge in [0.2, 0.25) is 11.8 Å². The van der Waals surface area contributed by atoms with E-state index < -0.39 is 6.10 Å². The van der Waals surface area contributed by atoms with Gasteiger partial charge in [-0.25, -0.2) is 4.98 Å². The van der Waals surface area contributed by atoms with Crippen LogP contribution in [0.3, 0.4) is 0 Å². The summed E-state index contributed by atoms with van der Waals surface area (Å²) < 4.78 is 11.3. The number of pyridine rings is 2. The molecule has 1 amide bonds. The van der Waals surface area contributed by atoms with Crippen LogP contribution >= 0.6 is 34.8 Å². The van der Waals surface area contributed by atoms with Crippen LogP contribution in [0.4, 0.5) is 0 Å². The van der Waals surface area contributed by atoms with Gasteiger partial charge in [0.1, 0.15) is 5.75 Å². The van der Waals surface area contributed by atoms with Crippen molar-refractivity contribution < 1.29 is 19.4 Å². The average Bonchev–Trinajstić information content (AvgIpc) is 3.46. The number of aliphatic hydroxyl groups excluding tert-OH is 1. The lowest BCUT2D eigenvalue weighted by Crippen LogP contribution is -2.35. The van der Waals surface area contributed by atoms with E-state index in [1.54, 1.807) is 33.4 Å². The van der Waals surface area contributed by atoms with Gasteiger partial charge in [-0.1, -0.05) is 65.1 Å². The van der Waals surface area contributed by atoms with E-state index in [0.29, 0.717) is 92.9 Å². The van der Waals surface area contributed by atoms with E-state index in [4.69, 9.17) is 49.3 Å². The molecular formula is C35H38Cl3N5O4.